The minimum absolute atomic E-state index is 0.772. The van der Waals surface area contributed by atoms with Gasteiger partial charge in [0.05, 0.1) is 5.69 Å². The van der Waals surface area contributed by atoms with E-state index in [0.717, 1.165) is 18.5 Å². The van der Waals surface area contributed by atoms with E-state index in [0.29, 0.717) is 0 Å². The van der Waals surface area contributed by atoms with Gasteiger partial charge in [0.1, 0.15) is 0 Å². The summed E-state index contributed by atoms with van der Waals surface area (Å²) >= 11 is 0. The molecule has 3 rings (SSSR count). The van der Waals surface area contributed by atoms with Crippen molar-refractivity contribution in [1.29, 1.82) is 0 Å². The Hall–Kier alpha value is -0.870. The van der Waals surface area contributed by atoms with Gasteiger partial charge in [0.25, 0.3) is 0 Å². The van der Waals surface area contributed by atoms with Crippen molar-refractivity contribution in [2.75, 3.05) is 19.6 Å². The van der Waals surface area contributed by atoms with E-state index in [1.807, 2.05) is 11.7 Å². The lowest BCUT2D eigenvalue weighted by Gasteiger charge is -2.35. The summed E-state index contributed by atoms with van der Waals surface area (Å²) in [7, 11) is 2.05. The predicted molar refractivity (Wildman–Crippen MR) is 81.7 cm³/mol. The third-order valence-corrected chi connectivity index (χ3v) is 5.25. The number of rotatable bonds is 3. The molecular weight excluding hydrogens is 248 g/mol. The Kier molecular flexibility index (Phi) is 4.13. The maximum absolute atomic E-state index is 4.55. The van der Waals surface area contributed by atoms with Gasteiger partial charge in [-0.15, -0.1) is 0 Å². The van der Waals surface area contributed by atoms with Crippen LogP contribution in [0.3, 0.4) is 0 Å². The van der Waals surface area contributed by atoms with Crippen molar-refractivity contribution in [3.63, 3.8) is 0 Å². The molecule has 2 fully saturated rings. The zero-order valence-corrected chi connectivity index (χ0v) is 13.2. The molecule has 4 heteroatoms. The van der Waals surface area contributed by atoms with Gasteiger partial charge in [-0.2, -0.15) is 5.10 Å². The first kappa shape index (κ1) is 14.1. The van der Waals surface area contributed by atoms with E-state index in [2.05, 4.69) is 29.2 Å². The molecule has 0 radical (unpaired) electrons. The summed E-state index contributed by atoms with van der Waals surface area (Å²) in [6.45, 7) is 9.14. The Labute approximate surface area is 122 Å². The van der Waals surface area contributed by atoms with E-state index < -0.39 is 0 Å². The van der Waals surface area contributed by atoms with Crippen molar-refractivity contribution < 1.29 is 0 Å². The van der Waals surface area contributed by atoms with Crippen LogP contribution in [0.5, 0.6) is 0 Å². The average molecular weight is 276 g/mol. The highest BCUT2D eigenvalue weighted by Crippen LogP contribution is 2.26. The van der Waals surface area contributed by atoms with Crippen molar-refractivity contribution >= 4 is 0 Å². The lowest BCUT2D eigenvalue weighted by atomic mass is 9.89. The molecule has 0 bridgehead atoms. The van der Waals surface area contributed by atoms with Crippen molar-refractivity contribution in [3.05, 3.63) is 17.0 Å². The lowest BCUT2D eigenvalue weighted by molar-refractivity contribution is 0.145. The molecule has 1 aromatic heterocycles. The van der Waals surface area contributed by atoms with Gasteiger partial charge in [-0.3, -0.25) is 9.58 Å². The van der Waals surface area contributed by atoms with Crippen LogP contribution in [-0.4, -0.2) is 40.4 Å². The van der Waals surface area contributed by atoms with Gasteiger partial charge in [-0.05, 0) is 58.5 Å². The fourth-order valence-electron chi connectivity index (χ4n) is 3.95. The molecule has 2 saturated heterocycles. The molecular formula is C16H28N4. The summed E-state index contributed by atoms with van der Waals surface area (Å²) in [4.78, 5) is 2.64. The molecule has 2 atom stereocenters. The van der Waals surface area contributed by atoms with Crippen LogP contribution in [-0.2, 0) is 13.6 Å². The molecule has 4 nitrogen and oxygen atoms in total. The second-order valence-electron chi connectivity index (χ2n) is 6.61. The maximum Gasteiger partial charge on any atom is 0.0641 e. The van der Waals surface area contributed by atoms with Crippen LogP contribution in [0.15, 0.2) is 0 Å². The van der Waals surface area contributed by atoms with E-state index in [1.54, 1.807) is 0 Å². The standard InChI is InChI=1S/C16H28N4/c1-12-15(13(2)19(3)18-12)11-20-9-5-6-14(10-20)16-7-4-8-17-16/h14,16-17H,4-11H2,1-3H3. The number of hydrogen-bond acceptors (Lipinski definition) is 3. The summed E-state index contributed by atoms with van der Waals surface area (Å²) in [6, 6.07) is 0.772. The smallest absolute Gasteiger partial charge is 0.0641 e. The van der Waals surface area contributed by atoms with Crippen LogP contribution < -0.4 is 5.32 Å². The Morgan fingerprint density at radius 1 is 1.25 bits per heavy atom. The first-order chi connectivity index (χ1) is 9.65. The Morgan fingerprint density at radius 3 is 2.75 bits per heavy atom. The fourth-order valence-corrected chi connectivity index (χ4v) is 3.95. The van der Waals surface area contributed by atoms with Crippen LogP contribution in [0, 0.1) is 19.8 Å². The number of aromatic nitrogens is 2. The van der Waals surface area contributed by atoms with E-state index in [4.69, 9.17) is 0 Å². The van der Waals surface area contributed by atoms with Crippen LogP contribution in [0.4, 0.5) is 0 Å². The number of nitrogens with zero attached hydrogens (tertiary/aromatic N) is 3. The zero-order chi connectivity index (χ0) is 14.1. The number of likely N-dealkylation sites (tertiary alicyclic amines) is 1. The van der Waals surface area contributed by atoms with Gasteiger partial charge in [-0.1, -0.05) is 0 Å². The SMILES string of the molecule is Cc1nn(C)c(C)c1CN1CCCC(C2CCCN2)C1. The third kappa shape index (κ3) is 2.77. The molecule has 0 aromatic carbocycles. The van der Waals surface area contributed by atoms with Gasteiger partial charge in [0, 0.05) is 37.4 Å². The minimum atomic E-state index is 0.772. The van der Waals surface area contributed by atoms with Gasteiger partial charge in [0.15, 0.2) is 0 Å². The van der Waals surface area contributed by atoms with Crippen LogP contribution in [0.2, 0.25) is 0 Å². The summed E-state index contributed by atoms with van der Waals surface area (Å²) in [5.41, 5.74) is 3.96. The Bertz CT molecular complexity index is 459. The van der Waals surface area contributed by atoms with Gasteiger partial charge in [-0.25, -0.2) is 0 Å². The van der Waals surface area contributed by atoms with Crippen molar-refractivity contribution in [1.82, 2.24) is 20.0 Å². The molecule has 112 valence electrons. The molecule has 2 aliphatic rings. The lowest BCUT2D eigenvalue weighted by Crippen LogP contribution is -2.43. The summed E-state index contributed by atoms with van der Waals surface area (Å²) in [5, 5.41) is 8.24. The fraction of sp³-hybridized carbons (Fsp3) is 0.812. The summed E-state index contributed by atoms with van der Waals surface area (Å²) in [6.07, 6.45) is 5.49. The topological polar surface area (TPSA) is 33.1 Å². The van der Waals surface area contributed by atoms with E-state index >= 15 is 0 Å². The molecule has 1 N–H and O–H groups in total. The summed E-state index contributed by atoms with van der Waals surface area (Å²) in [5.74, 6) is 0.850. The Morgan fingerprint density at radius 2 is 2.10 bits per heavy atom. The predicted octanol–water partition coefficient (Wildman–Crippen LogP) is 2.00. The third-order valence-electron chi connectivity index (χ3n) is 5.25. The quantitative estimate of drug-likeness (QED) is 0.916. The molecule has 0 saturated carbocycles. The first-order valence-corrected chi connectivity index (χ1v) is 8.10. The Balaban J connectivity index is 1.65. The maximum atomic E-state index is 4.55. The van der Waals surface area contributed by atoms with Crippen molar-refractivity contribution in [2.24, 2.45) is 13.0 Å². The molecule has 20 heavy (non-hydrogen) atoms. The summed E-state index contributed by atoms with van der Waals surface area (Å²) < 4.78 is 2.02. The van der Waals surface area contributed by atoms with E-state index in [9.17, 15) is 0 Å². The second-order valence-corrected chi connectivity index (χ2v) is 6.61. The molecule has 0 aliphatic carbocycles. The highest BCUT2D eigenvalue weighted by Gasteiger charge is 2.29. The molecule has 2 unspecified atom stereocenters. The van der Waals surface area contributed by atoms with Crippen LogP contribution in [0.25, 0.3) is 0 Å². The minimum Gasteiger partial charge on any atom is -0.314 e. The number of aryl methyl sites for hydroxylation is 2. The van der Waals surface area contributed by atoms with Crippen molar-refractivity contribution in [2.45, 2.75) is 52.1 Å². The van der Waals surface area contributed by atoms with Gasteiger partial charge in [0.2, 0.25) is 0 Å². The highest BCUT2D eigenvalue weighted by atomic mass is 15.3. The first-order valence-electron chi connectivity index (χ1n) is 8.10. The van der Waals surface area contributed by atoms with Crippen LogP contribution in [0.1, 0.15) is 42.6 Å². The molecule has 0 amide bonds. The zero-order valence-electron chi connectivity index (χ0n) is 13.2. The largest absolute Gasteiger partial charge is 0.314 e. The van der Waals surface area contributed by atoms with Gasteiger partial charge < -0.3 is 5.32 Å². The van der Waals surface area contributed by atoms with Crippen LogP contribution >= 0.6 is 0 Å². The van der Waals surface area contributed by atoms with Crippen molar-refractivity contribution in [3.8, 4) is 0 Å². The van der Waals surface area contributed by atoms with E-state index in [1.165, 1.54) is 62.3 Å². The second kappa shape index (κ2) is 5.86. The molecule has 2 aliphatic heterocycles. The molecule has 3 heterocycles. The average Bonchev–Trinajstić information content (AvgIpc) is 3.05. The van der Waals surface area contributed by atoms with Gasteiger partial charge >= 0.3 is 0 Å². The number of hydrogen-bond donors (Lipinski definition) is 1. The van der Waals surface area contributed by atoms with E-state index in [-0.39, 0.29) is 0 Å². The number of piperidine rings is 1. The molecule has 1 aromatic rings. The normalized spacial score (nSPS) is 28.1. The highest BCUT2D eigenvalue weighted by molar-refractivity contribution is 5.24. The number of nitrogens with one attached hydrogen (secondary N) is 1. The molecule has 0 spiro atoms. The monoisotopic (exact) mass is 276 g/mol.